The summed E-state index contributed by atoms with van der Waals surface area (Å²) < 4.78 is 4.90. The van der Waals surface area contributed by atoms with E-state index in [1.54, 1.807) is 24.8 Å². The maximum Gasteiger partial charge on any atom is 0.277 e. The maximum atomic E-state index is 12.1. The van der Waals surface area contributed by atoms with Gasteiger partial charge in [0.25, 0.3) is 5.91 Å². The van der Waals surface area contributed by atoms with Crippen molar-refractivity contribution in [1.29, 1.82) is 0 Å². The number of amides is 2. The standard InChI is InChI=1S/C16H17N3O3/c1-10-7-15(18-22-10)16(21)17-14-4-3-12-5-6-19(11(2)20)9-13(12)8-14/h3-4,7-8H,5-6,9H2,1-2H3,(H,17,21). The highest BCUT2D eigenvalue weighted by Crippen LogP contribution is 2.23. The highest BCUT2D eigenvalue weighted by molar-refractivity contribution is 6.02. The Hall–Kier alpha value is -2.63. The molecule has 0 atom stereocenters. The van der Waals surface area contributed by atoms with Crippen molar-refractivity contribution in [2.45, 2.75) is 26.8 Å². The molecule has 2 amide bonds. The Kier molecular flexibility index (Phi) is 3.66. The summed E-state index contributed by atoms with van der Waals surface area (Å²) in [5, 5.41) is 6.50. The van der Waals surface area contributed by atoms with Gasteiger partial charge in [-0.05, 0) is 36.6 Å². The molecule has 1 aromatic heterocycles. The average molecular weight is 299 g/mol. The number of anilines is 1. The molecule has 2 heterocycles. The number of nitrogens with zero attached hydrogens (tertiary/aromatic N) is 2. The summed E-state index contributed by atoms with van der Waals surface area (Å²) in [6.07, 6.45) is 0.839. The Labute approximate surface area is 128 Å². The smallest absolute Gasteiger partial charge is 0.277 e. The van der Waals surface area contributed by atoms with Crippen molar-refractivity contribution in [3.8, 4) is 0 Å². The van der Waals surface area contributed by atoms with Gasteiger partial charge >= 0.3 is 0 Å². The fourth-order valence-corrected chi connectivity index (χ4v) is 2.57. The molecule has 0 spiro atoms. The number of fused-ring (bicyclic) bond motifs is 1. The van der Waals surface area contributed by atoms with E-state index in [0.717, 1.165) is 18.5 Å². The molecule has 22 heavy (non-hydrogen) atoms. The van der Waals surface area contributed by atoms with Crippen molar-refractivity contribution in [2.75, 3.05) is 11.9 Å². The lowest BCUT2D eigenvalue weighted by Gasteiger charge is -2.28. The maximum absolute atomic E-state index is 12.1. The van der Waals surface area contributed by atoms with Gasteiger partial charge in [-0.3, -0.25) is 9.59 Å². The zero-order chi connectivity index (χ0) is 15.7. The van der Waals surface area contributed by atoms with E-state index >= 15 is 0 Å². The Morgan fingerprint density at radius 1 is 1.27 bits per heavy atom. The van der Waals surface area contributed by atoms with E-state index < -0.39 is 0 Å². The van der Waals surface area contributed by atoms with Crippen LogP contribution >= 0.6 is 0 Å². The van der Waals surface area contributed by atoms with Crippen molar-refractivity contribution in [1.82, 2.24) is 10.1 Å². The van der Waals surface area contributed by atoms with Crippen molar-refractivity contribution >= 4 is 17.5 Å². The van der Waals surface area contributed by atoms with Crippen molar-refractivity contribution < 1.29 is 14.1 Å². The van der Waals surface area contributed by atoms with Gasteiger partial charge in [0, 0.05) is 31.8 Å². The second-order valence-electron chi connectivity index (χ2n) is 5.45. The zero-order valence-corrected chi connectivity index (χ0v) is 12.5. The van der Waals surface area contributed by atoms with Gasteiger partial charge in [-0.2, -0.15) is 0 Å². The van der Waals surface area contributed by atoms with Crippen LogP contribution in [-0.2, 0) is 17.8 Å². The van der Waals surface area contributed by atoms with Gasteiger partial charge in [-0.15, -0.1) is 0 Å². The summed E-state index contributed by atoms with van der Waals surface area (Å²) in [5.74, 6) is 0.349. The van der Waals surface area contributed by atoms with Crippen LogP contribution in [0.15, 0.2) is 28.8 Å². The van der Waals surface area contributed by atoms with Gasteiger partial charge in [0.2, 0.25) is 5.91 Å². The summed E-state index contributed by atoms with van der Waals surface area (Å²) in [5.41, 5.74) is 3.22. The predicted molar refractivity (Wildman–Crippen MR) is 80.4 cm³/mol. The van der Waals surface area contributed by atoms with Crippen LogP contribution in [0.4, 0.5) is 5.69 Å². The number of carbonyl (C=O) groups excluding carboxylic acids is 2. The lowest BCUT2D eigenvalue weighted by atomic mass is 9.99. The van der Waals surface area contributed by atoms with Crippen LogP contribution in [0.2, 0.25) is 0 Å². The quantitative estimate of drug-likeness (QED) is 0.922. The third-order valence-electron chi connectivity index (χ3n) is 3.78. The van der Waals surface area contributed by atoms with Crippen LogP contribution in [0.3, 0.4) is 0 Å². The average Bonchev–Trinajstić information content (AvgIpc) is 2.93. The van der Waals surface area contributed by atoms with E-state index in [4.69, 9.17) is 4.52 Å². The van der Waals surface area contributed by atoms with E-state index in [-0.39, 0.29) is 17.5 Å². The van der Waals surface area contributed by atoms with Gasteiger partial charge < -0.3 is 14.7 Å². The Bertz CT molecular complexity index is 736. The predicted octanol–water partition coefficient (Wildman–Crippen LogP) is 2.14. The number of carbonyl (C=O) groups is 2. The highest BCUT2D eigenvalue weighted by Gasteiger charge is 2.19. The Morgan fingerprint density at radius 2 is 2.09 bits per heavy atom. The SMILES string of the molecule is CC(=O)N1CCc2ccc(NC(=O)c3cc(C)on3)cc2C1. The number of rotatable bonds is 2. The Morgan fingerprint density at radius 3 is 2.77 bits per heavy atom. The molecule has 0 aliphatic carbocycles. The molecule has 3 rings (SSSR count). The number of nitrogens with one attached hydrogen (secondary N) is 1. The molecule has 6 nitrogen and oxygen atoms in total. The molecule has 0 saturated heterocycles. The van der Waals surface area contributed by atoms with Crippen LogP contribution < -0.4 is 5.32 Å². The van der Waals surface area contributed by atoms with Crippen LogP contribution in [0, 0.1) is 6.92 Å². The van der Waals surface area contributed by atoms with Crippen LogP contribution in [-0.4, -0.2) is 28.4 Å². The van der Waals surface area contributed by atoms with Gasteiger partial charge in [0.15, 0.2) is 5.69 Å². The molecule has 1 aromatic carbocycles. The molecular weight excluding hydrogens is 282 g/mol. The molecule has 1 aliphatic heterocycles. The molecular formula is C16H17N3O3. The first-order valence-electron chi connectivity index (χ1n) is 7.15. The summed E-state index contributed by atoms with van der Waals surface area (Å²) in [6, 6.07) is 7.37. The van der Waals surface area contributed by atoms with E-state index in [9.17, 15) is 9.59 Å². The largest absolute Gasteiger partial charge is 0.361 e. The Balaban J connectivity index is 1.77. The monoisotopic (exact) mass is 299 g/mol. The number of hydrogen-bond donors (Lipinski definition) is 1. The van der Waals surface area contributed by atoms with Gasteiger partial charge in [-0.25, -0.2) is 0 Å². The third-order valence-corrected chi connectivity index (χ3v) is 3.78. The summed E-state index contributed by atoms with van der Waals surface area (Å²) >= 11 is 0. The van der Waals surface area contributed by atoms with E-state index in [2.05, 4.69) is 10.5 Å². The molecule has 0 fully saturated rings. The van der Waals surface area contributed by atoms with E-state index in [1.807, 2.05) is 18.2 Å². The lowest BCUT2D eigenvalue weighted by Crippen LogP contribution is -2.34. The normalized spacial score (nSPS) is 13.6. The first kappa shape index (κ1) is 14.3. The molecule has 1 aliphatic rings. The van der Waals surface area contributed by atoms with Crippen LogP contribution in [0.1, 0.15) is 34.3 Å². The molecule has 1 N–H and O–H groups in total. The summed E-state index contributed by atoms with van der Waals surface area (Å²) in [6.45, 7) is 4.63. The minimum atomic E-state index is -0.309. The molecule has 0 saturated carbocycles. The van der Waals surface area contributed by atoms with Crippen LogP contribution in [0.5, 0.6) is 0 Å². The minimum Gasteiger partial charge on any atom is -0.361 e. The molecule has 0 radical (unpaired) electrons. The third kappa shape index (κ3) is 2.86. The number of aryl methyl sites for hydroxylation is 1. The second-order valence-corrected chi connectivity index (χ2v) is 5.45. The van der Waals surface area contributed by atoms with Gasteiger partial charge in [0.05, 0.1) is 0 Å². The lowest BCUT2D eigenvalue weighted by molar-refractivity contribution is -0.129. The second kappa shape index (κ2) is 5.63. The zero-order valence-electron chi connectivity index (χ0n) is 12.5. The number of hydrogen-bond acceptors (Lipinski definition) is 4. The molecule has 2 aromatic rings. The van der Waals surface area contributed by atoms with Gasteiger partial charge in [0.1, 0.15) is 5.76 Å². The number of benzene rings is 1. The molecule has 6 heteroatoms. The fraction of sp³-hybridized carbons (Fsp3) is 0.312. The summed E-state index contributed by atoms with van der Waals surface area (Å²) in [7, 11) is 0. The minimum absolute atomic E-state index is 0.0677. The molecule has 114 valence electrons. The van der Waals surface area contributed by atoms with Crippen LogP contribution in [0.25, 0.3) is 0 Å². The first-order chi connectivity index (χ1) is 10.5. The van der Waals surface area contributed by atoms with E-state index in [1.165, 1.54) is 5.56 Å². The summed E-state index contributed by atoms with van der Waals surface area (Å²) in [4.78, 5) is 25.4. The van der Waals surface area contributed by atoms with E-state index in [0.29, 0.717) is 18.0 Å². The highest BCUT2D eigenvalue weighted by atomic mass is 16.5. The first-order valence-corrected chi connectivity index (χ1v) is 7.15. The molecule has 0 bridgehead atoms. The van der Waals surface area contributed by atoms with Crippen molar-refractivity contribution in [3.63, 3.8) is 0 Å². The fourth-order valence-electron chi connectivity index (χ4n) is 2.57. The van der Waals surface area contributed by atoms with Gasteiger partial charge in [-0.1, -0.05) is 11.2 Å². The van der Waals surface area contributed by atoms with Crippen molar-refractivity contribution in [2.24, 2.45) is 0 Å². The molecule has 0 unspecified atom stereocenters. The topological polar surface area (TPSA) is 75.4 Å². The van der Waals surface area contributed by atoms with Crippen molar-refractivity contribution in [3.05, 3.63) is 46.8 Å². The number of aromatic nitrogens is 1.